The van der Waals surface area contributed by atoms with E-state index in [4.69, 9.17) is 5.11 Å². The lowest BCUT2D eigenvalue weighted by molar-refractivity contribution is 0.0692. The Labute approximate surface area is 127 Å². The number of thiophene rings is 1. The molecule has 0 aliphatic heterocycles. The fraction of sp³-hybridized carbons (Fsp3) is 0.214. The number of carbonyl (C=O) groups is 1. The lowest BCUT2D eigenvalue weighted by Crippen LogP contribution is -2.30. The van der Waals surface area contributed by atoms with Crippen LogP contribution in [0.4, 0.5) is 0 Å². The van der Waals surface area contributed by atoms with Crippen LogP contribution in [-0.2, 0) is 10.0 Å². The molecule has 7 heteroatoms. The highest BCUT2D eigenvalue weighted by atomic mass is 32.2. The molecule has 5 nitrogen and oxygen atoms in total. The third-order valence-electron chi connectivity index (χ3n) is 3.27. The van der Waals surface area contributed by atoms with Crippen LogP contribution in [0.3, 0.4) is 0 Å². The average molecular weight is 325 g/mol. The number of hydrogen-bond donors (Lipinski definition) is 1. The molecule has 0 saturated carbocycles. The number of carboxylic acids is 1. The molecule has 1 aromatic carbocycles. The molecular formula is C14H15NO4S2. The second-order valence-electron chi connectivity index (χ2n) is 4.51. The van der Waals surface area contributed by atoms with Crippen molar-refractivity contribution < 1.29 is 18.3 Å². The van der Waals surface area contributed by atoms with Crippen LogP contribution in [-0.4, -0.2) is 30.8 Å². The van der Waals surface area contributed by atoms with Crippen molar-refractivity contribution in [3.8, 4) is 0 Å². The molecule has 0 spiro atoms. The number of rotatable bonds is 5. The molecule has 0 aliphatic carbocycles. The molecule has 1 heterocycles. The van der Waals surface area contributed by atoms with E-state index in [1.165, 1.54) is 47.0 Å². The maximum atomic E-state index is 12.7. The molecule has 1 N–H and O–H groups in total. The molecule has 0 bridgehead atoms. The van der Waals surface area contributed by atoms with E-state index in [0.29, 0.717) is 0 Å². The van der Waals surface area contributed by atoms with Crippen LogP contribution in [0.25, 0.3) is 0 Å². The van der Waals surface area contributed by atoms with Gasteiger partial charge < -0.3 is 5.11 Å². The molecule has 0 aliphatic rings. The van der Waals surface area contributed by atoms with E-state index < -0.39 is 16.0 Å². The Morgan fingerprint density at radius 2 is 1.90 bits per heavy atom. The zero-order chi connectivity index (χ0) is 15.6. The molecule has 2 rings (SSSR count). The Morgan fingerprint density at radius 3 is 2.48 bits per heavy atom. The van der Waals surface area contributed by atoms with Gasteiger partial charge in [-0.25, -0.2) is 13.2 Å². The number of sulfonamides is 1. The van der Waals surface area contributed by atoms with Gasteiger partial charge in [-0.3, -0.25) is 0 Å². The van der Waals surface area contributed by atoms with Crippen molar-refractivity contribution in [3.05, 3.63) is 52.2 Å². The van der Waals surface area contributed by atoms with Crippen LogP contribution in [0.2, 0.25) is 0 Å². The quantitative estimate of drug-likeness (QED) is 0.917. The molecule has 1 atom stereocenters. The maximum absolute atomic E-state index is 12.7. The summed E-state index contributed by atoms with van der Waals surface area (Å²) in [4.78, 5) is 11.9. The molecule has 2 aromatic rings. The van der Waals surface area contributed by atoms with Crippen LogP contribution in [0.5, 0.6) is 0 Å². The first-order valence-electron chi connectivity index (χ1n) is 6.19. The number of benzene rings is 1. The van der Waals surface area contributed by atoms with Gasteiger partial charge in [0.25, 0.3) is 0 Å². The van der Waals surface area contributed by atoms with Crippen molar-refractivity contribution in [1.29, 1.82) is 0 Å². The van der Waals surface area contributed by atoms with Crippen molar-refractivity contribution in [2.24, 2.45) is 0 Å². The molecular weight excluding hydrogens is 310 g/mol. The van der Waals surface area contributed by atoms with Gasteiger partial charge in [-0.1, -0.05) is 18.2 Å². The van der Waals surface area contributed by atoms with Gasteiger partial charge in [0.2, 0.25) is 10.0 Å². The summed E-state index contributed by atoms with van der Waals surface area (Å²) in [7, 11) is -2.42. The molecule has 0 amide bonds. The minimum absolute atomic E-state index is 0.191. The fourth-order valence-electron chi connectivity index (χ4n) is 1.94. The van der Waals surface area contributed by atoms with E-state index in [2.05, 4.69) is 0 Å². The standard InChI is InChI=1S/C14H15NO4S2/c1-10(12-7-5-9-20-12)15(2)21(18,19)13-8-4-3-6-11(13)14(16)17/h3-10H,1-2H3,(H,16,17). The second kappa shape index (κ2) is 5.97. The van der Waals surface area contributed by atoms with Crippen LogP contribution in [0.1, 0.15) is 28.2 Å². The van der Waals surface area contributed by atoms with Crippen molar-refractivity contribution in [3.63, 3.8) is 0 Å². The molecule has 0 fully saturated rings. The van der Waals surface area contributed by atoms with Gasteiger partial charge in [-0.2, -0.15) is 4.31 Å². The predicted molar refractivity (Wildman–Crippen MR) is 81.1 cm³/mol. The summed E-state index contributed by atoms with van der Waals surface area (Å²) >= 11 is 1.46. The van der Waals surface area contributed by atoms with E-state index in [1.807, 2.05) is 17.5 Å². The van der Waals surface area contributed by atoms with Crippen molar-refractivity contribution in [2.75, 3.05) is 7.05 Å². The summed E-state index contributed by atoms with van der Waals surface area (Å²) in [6.45, 7) is 1.77. The highest BCUT2D eigenvalue weighted by molar-refractivity contribution is 7.89. The average Bonchev–Trinajstić information content (AvgIpc) is 2.99. The third kappa shape index (κ3) is 2.99. The Balaban J connectivity index is 2.45. The summed E-state index contributed by atoms with van der Waals surface area (Å²) in [6, 6.07) is 8.97. The zero-order valence-electron chi connectivity index (χ0n) is 11.6. The van der Waals surface area contributed by atoms with Crippen LogP contribution in [0.15, 0.2) is 46.7 Å². The third-order valence-corrected chi connectivity index (χ3v) is 6.30. The molecule has 0 saturated heterocycles. The van der Waals surface area contributed by atoms with E-state index in [0.717, 1.165) is 4.88 Å². The number of nitrogens with zero attached hydrogens (tertiary/aromatic N) is 1. The Bertz CT molecular complexity index is 738. The van der Waals surface area contributed by atoms with Crippen LogP contribution < -0.4 is 0 Å². The highest BCUT2D eigenvalue weighted by Crippen LogP contribution is 2.29. The monoisotopic (exact) mass is 325 g/mol. The van der Waals surface area contributed by atoms with Gasteiger partial charge in [0.05, 0.1) is 16.5 Å². The van der Waals surface area contributed by atoms with Gasteiger partial charge in [0, 0.05) is 11.9 Å². The van der Waals surface area contributed by atoms with Gasteiger partial charge in [0.1, 0.15) is 0 Å². The molecule has 1 aromatic heterocycles. The van der Waals surface area contributed by atoms with Crippen LogP contribution >= 0.6 is 11.3 Å². The lowest BCUT2D eigenvalue weighted by Gasteiger charge is -2.24. The summed E-state index contributed by atoms with van der Waals surface area (Å²) in [5.74, 6) is -1.26. The van der Waals surface area contributed by atoms with Crippen molar-refractivity contribution >= 4 is 27.3 Å². The predicted octanol–water partition coefficient (Wildman–Crippen LogP) is 2.83. The molecule has 21 heavy (non-hydrogen) atoms. The van der Waals surface area contributed by atoms with Crippen LogP contribution in [0, 0.1) is 0 Å². The molecule has 0 radical (unpaired) electrons. The molecule has 112 valence electrons. The molecule has 1 unspecified atom stereocenters. The number of hydrogen-bond acceptors (Lipinski definition) is 4. The minimum Gasteiger partial charge on any atom is -0.478 e. The lowest BCUT2D eigenvalue weighted by atomic mass is 10.2. The first-order valence-corrected chi connectivity index (χ1v) is 8.51. The van der Waals surface area contributed by atoms with E-state index >= 15 is 0 Å². The van der Waals surface area contributed by atoms with Gasteiger partial charge in [-0.05, 0) is 30.5 Å². The zero-order valence-corrected chi connectivity index (χ0v) is 13.2. The highest BCUT2D eigenvalue weighted by Gasteiger charge is 2.30. The van der Waals surface area contributed by atoms with E-state index in [9.17, 15) is 13.2 Å². The summed E-state index contributed by atoms with van der Waals surface area (Å²) < 4.78 is 26.5. The van der Waals surface area contributed by atoms with E-state index in [-0.39, 0.29) is 16.5 Å². The van der Waals surface area contributed by atoms with Crippen molar-refractivity contribution in [1.82, 2.24) is 4.31 Å². The second-order valence-corrected chi connectivity index (χ2v) is 7.46. The number of carboxylic acid groups (broad SMARTS) is 1. The maximum Gasteiger partial charge on any atom is 0.337 e. The number of aromatic carboxylic acids is 1. The SMILES string of the molecule is CC(c1cccs1)N(C)S(=O)(=O)c1ccccc1C(=O)O. The first kappa shape index (κ1) is 15.7. The summed E-state index contributed by atoms with van der Waals surface area (Å²) in [5.41, 5.74) is -0.220. The van der Waals surface area contributed by atoms with Gasteiger partial charge in [-0.15, -0.1) is 11.3 Å². The fourth-order valence-corrected chi connectivity index (χ4v) is 4.36. The largest absolute Gasteiger partial charge is 0.478 e. The first-order chi connectivity index (χ1) is 9.85. The Morgan fingerprint density at radius 1 is 1.24 bits per heavy atom. The Kier molecular flexibility index (Phi) is 4.46. The topological polar surface area (TPSA) is 74.7 Å². The summed E-state index contributed by atoms with van der Waals surface area (Å²) in [6.07, 6.45) is 0. The van der Waals surface area contributed by atoms with Gasteiger partial charge >= 0.3 is 5.97 Å². The Hall–Kier alpha value is -1.70. The van der Waals surface area contributed by atoms with Gasteiger partial charge in [0.15, 0.2) is 0 Å². The normalized spacial score (nSPS) is 13.3. The van der Waals surface area contributed by atoms with Crippen molar-refractivity contribution in [2.45, 2.75) is 17.9 Å². The van der Waals surface area contributed by atoms with E-state index in [1.54, 1.807) is 6.92 Å². The summed E-state index contributed by atoms with van der Waals surface area (Å²) in [5, 5.41) is 11.0. The smallest absolute Gasteiger partial charge is 0.337 e. The minimum atomic E-state index is -3.88.